The van der Waals surface area contributed by atoms with Crippen LogP contribution in [0.5, 0.6) is 0 Å². The van der Waals surface area contributed by atoms with Crippen LogP contribution in [0.25, 0.3) is 0 Å². The van der Waals surface area contributed by atoms with Crippen molar-refractivity contribution in [1.82, 2.24) is 0 Å². The lowest BCUT2D eigenvalue weighted by Gasteiger charge is -1.95. The molecule has 0 saturated carbocycles. The number of hydrogen-bond acceptors (Lipinski definition) is 0. The molecule has 0 nitrogen and oxygen atoms in total. The molecule has 0 amide bonds. The summed E-state index contributed by atoms with van der Waals surface area (Å²) in [6, 6.07) is 4.73. The van der Waals surface area contributed by atoms with E-state index in [1.807, 2.05) is 0 Å². The summed E-state index contributed by atoms with van der Waals surface area (Å²) in [7, 11) is 0. The van der Waals surface area contributed by atoms with Crippen LogP contribution < -0.4 is 0 Å². The maximum absolute atomic E-state index is 12.4. The fraction of sp³-hybridized carbons (Fsp3) is 0.143. The average Bonchev–Trinajstić information content (AvgIpc) is 2.33. The SMILES string of the molecule is Cc1cc(F)c(F)cc1F.Cc1cc(F)ccc1F. The van der Waals surface area contributed by atoms with Crippen LogP contribution in [0, 0.1) is 42.9 Å². The zero-order valence-electron chi connectivity index (χ0n) is 10.3. The first-order chi connectivity index (χ1) is 8.81. The Balaban J connectivity index is 0.000000191. The highest BCUT2D eigenvalue weighted by Crippen LogP contribution is 2.11. The van der Waals surface area contributed by atoms with Crippen LogP contribution in [0.3, 0.4) is 0 Å². The summed E-state index contributed by atoms with van der Waals surface area (Å²) in [5.74, 6) is -3.65. The molecule has 0 spiro atoms. The molecule has 0 aliphatic carbocycles. The van der Waals surface area contributed by atoms with E-state index in [2.05, 4.69) is 0 Å². The molecule has 19 heavy (non-hydrogen) atoms. The highest BCUT2D eigenvalue weighted by atomic mass is 19.2. The lowest BCUT2D eigenvalue weighted by molar-refractivity contribution is 0.492. The largest absolute Gasteiger partial charge is 0.207 e. The van der Waals surface area contributed by atoms with E-state index in [9.17, 15) is 22.0 Å². The van der Waals surface area contributed by atoms with Gasteiger partial charge in [-0.2, -0.15) is 0 Å². The highest BCUT2D eigenvalue weighted by Gasteiger charge is 2.04. The van der Waals surface area contributed by atoms with Crippen LogP contribution in [0.4, 0.5) is 22.0 Å². The lowest BCUT2D eigenvalue weighted by atomic mass is 10.2. The fourth-order valence-corrected chi connectivity index (χ4v) is 1.23. The third-order valence-electron chi connectivity index (χ3n) is 2.32. The van der Waals surface area contributed by atoms with Gasteiger partial charge in [0.2, 0.25) is 0 Å². The third-order valence-corrected chi connectivity index (χ3v) is 2.32. The minimum Gasteiger partial charge on any atom is -0.207 e. The van der Waals surface area contributed by atoms with E-state index in [1.54, 1.807) is 0 Å². The van der Waals surface area contributed by atoms with E-state index in [1.165, 1.54) is 13.8 Å². The van der Waals surface area contributed by atoms with Crippen LogP contribution in [-0.4, -0.2) is 0 Å². The Morgan fingerprint density at radius 1 is 0.579 bits per heavy atom. The molecule has 0 saturated heterocycles. The summed E-state index contributed by atoms with van der Waals surface area (Å²) < 4.78 is 61.2. The molecule has 0 heterocycles. The second kappa shape index (κ2) is 6.31. The molecule has 0 unspecified atom stereocenters. The molecule has 0 fully saturated rings. The van der Waals surface area contributed by atoms with E-state index < -0.39 is 23.3 Å². The average molecular weight is 274 g/mol. The van der Waals surface area contributed by atoms with Gasteiger partial charge in [0.05, 0.1) is 0 Å². The summed E-state index contributed by atoms with van der Waals surface area (Å²) in [5.41, 5.74) is 0.453. The van der Waals surface area contributed by atoms with E-state index in [0.717, 1.165) is 24.3 Å². The second-order valence-corrected chi connectivity index (χ2v) is 3.91. The molecule has 2 rings (SSSR count). The summed E-state index contributed by atoms with van der Waals surface area (Å²) >= 11 is 0. The van der Waals surface area contributed by atoms with Gasteiger partial charge >= 0.3 is 0 Å². The molecule has 0 radical (unpaired) electrons. The van der Waals surface area contributed by atoms with Gasteiger partial charge in [0.15, 0.2) is 11.6 Å². The van der Waals surface area contributed by atoms with Gasteiger partial charge in [-0.05, 0) is 49.2 Å². The predicted molar refractivity (Wildman–Crippen MR) is 62.1 cm³/mol. The molecule has 0 aliphatic rings. The van der Waals surface area contributed by atoms with E-state index in [4.69, 9.17) is 0 Å². The monoisotopic (exact) mass is 274 g/mol. The lowest BCUT2D eigenvalue weighted by Crippen LogP contribution is -1.89. The van der Waals surface area contributed by atoms with Crippen LogP contribution in [-0.2, 0) is 0 Å². The molecular weight excluding hydrogens is 263 g/mol. The Morgan fingerprint density at radius 2 is 1.11 bits per heavy atom. The van der Waals surface area contributed by atoms with Crippen molar-refractivity contribution in [1.29, 1.82) is 0 Å². The Morgan fingerprint density at radius 3 is 1.58 bits per heavy atom. The van der Waals surface area contributed by atoms with Gasteiger partial charge in [-0.15, -0.1) is 0 Å². The minimum absolute atomic E-state index is 0.110. The zero-order chi connectivity index (χ0) is 14.6. The number of benzene rings is 2. The highest BCUT2D eigenvalue weighted by molar-refractivity contribution is 5.18. The maximum atomic E-state index is 12.4. The summed E-state index contributed by atoms with van der Waals surface area (Å²) in [5, 5.41) is 0. The molecule has 2 aromatic carbocycles. The molecule has 0 aromatic heterocycles. The maximum Gasteiger partial charge on any atom is 0.161 e. The number of halogens is 5. The van der Waals surface area contributed by atoms with E-state index in [0.29, 0.717) is 11.6 Å². The Labute approximate surface area is 107 Å². The molecule has 0 bridgehead atoms. The van der Waals surface area contributed by atoms with Gasteiger partial charge in [0.25, 0.3) is 0 Å². The van der Waals surface area contributed by atoms with Crippen molar-refractivity contribution in [2.24, 2.45) is 0 Å². The van der Waals surface area contributed by atoms with Crippen molar-refractivity contribution in [2.45, 2.75) is 13.8 Å². The van der Waals surface area contributed by atoms with Crippen molar-refractivity contribution in [3.8, 4) is 0 Å². The normalized spacial score (nSPS) is 9.84. The van der Waals surface area contributed by atoms with Gasteiger partial charge in [0, 0.05) is 6.07 Å². The van der Waals surface area contributed by atoms with E-state index in [-0.39, 0.29) is 11.4 Å². The number of hydrogen-bond donors (Lipinski definition) is 0. The molecule has 5 heteroatoms. The van der Waals surface area contributed by atoms with Crippen LogP contribution in [0.1, 0.15) is 11.1 Å². The van der Waals surface area contributed by atoms with Gasteiger partial charge in [-0.1, -0.05) is 0 Å². The van der Waals surface area contributed by atoms with Gasteiger partial charge in [-0.3, -0.25) is 0 Å². The Kier molecular flexibility index (Phi) is 5.03. The summed E-state index contributed by atoms with van der Waals surface area (Å²) in [4.78, 5) is 0. The molecule has 0 aliphatic heterocycles. The molecule has 102 valence electrons. The topological polar surface area (TPSA) is 0 Å². The van der Waals surface area contributed by atoms with Crippen LogP contribution in [0.2, 0.25) is 0 Å². The van der Waals surface area contributed by atoms with Crippen LogP contribution >= 0.6 is 0 Å². The Bertz CT molecular complexity index is 528. The number of aryl methyl sites for hydroxylation is 2. The van der Waals surface area contributed by atoms with Crippen molar-refractivity contribution < 1.29 is 22.0 Å². The van der Waals surface area contributed by atoms with Crippen molar-refractivity contribution in [3.05, 3.63) is 70.5 Å². The Hall–Kier alpha value is -1.91. The molecule has 0 N–H and O–H groups in total. The number of rotatable bonds is 0. The van der Waals surface area contributed by atoms with Gasteiger partial charge in [-0.25, -0.2) is 22.0 Å². The van der Waals surface area contributed by atoms with E-state index >= 15 is 0 Å². The van der Waals surface area contributed by atoms with Crippen molar-refractivity contribution in [3.63, 3.8) is 0 Å². The first-order valence-corrected chi connectivity index (χ1v) is 5.34. The third kappa shape index (κ3) is 4.35. The standard InChI is InChI=1S/C7H5F3.C7H6F2/c1-4-2-6(9)7(10)3-5(4)8;1-5-4-6(8)2-3-7(5)9/h2-3H,1H3;2-4H,1H3. The first kappa shape index (κ1) is 15.1. The van der Waals surface area contributed by atoms with Crippen molar-refractivity contribution in [2.75, 3.05) is 0 Å². The fourth-order valence-electron chi connectivity index (χ4n) is 1.23. The molecule has 0 atom stereocenters. The quantitative estimate of drug-likeness (QED) is 0.483. The zero-order valence-corrected chi connectivity index (χ0v) is 10.3. The molecule has 2 aromatic rings. The second-order valence-electron chi connectivity index (χ2n) is 3.91. The van der Waals surface area contributed by atoms with Gasteiger partial charge < -0.3 is 0 Å². The first-order valence-electron chi connectivity index (χ1n) is 5.34. The van der Waals surface area contributed by atoms with Crippen molar-refractivity contribution >= 4 is 0 Å². The smallest absolute Gasteiger partial charge is 0.161 e. The van der Waals surface area contributed by atoms with Gasteiger partial charge in [0.1, 0.15) is 17.5 Å². The molecular formula is C14H11F5. The summed E-state index contributed by atoms with van der Waals surface area (Å²) in [6.45, 7) is 2.90. The predicted octanol–water partition coefficient (Wildman–Crippen LogP) is 4.69. The van der Waals surface area contributed by atoms with Crippen LogP contribution in [0.15, 0.2) is 30.3 Å². The summed E-state index contributed by atoms with van der Waals surface area (Å²) in [6.07, 6.45) is 0. The minimum atomic E-state index is -1.15.